The second kappa shape index (κ2) is 8.02. The van der Waals surface area contributed by atoms with Crippen molar-refractivity contribution < 1.29 is 19.0 Å². The number of ketones is 1. The van der Waals surface area contributed by atoms with Crippen molar-refractivity contribution in [3.8, 4) is 23.3 Å². The Morgan fingerprint density at radius 1 is 1.00 bits per heavy atom. The quantitative estimate of drug-likeness (QED) is 0.455. The number of methoxy groups -OCH3 is 3. The van der Waals surface area contributed by atoms with E-state index in [2.05, 4.69) is 0 Å². The van der Waals surface area contributed by atoms with Crippen molar-refractivity contribution in [1.82, 2.24) is 0 Å². The van der Waals surface area contributed by atoms with Gasteiger partial charge in [0.1, 0.15) is 11.6 Å². The highest BCUT2D eigenvalue weighted by atomic mass is 16.5. The summed E-state index contributed by atoms with van der Waals surface area (Å²) >= 11 is 0. The summed E-state index contributed by atoms with van der Waals surface area (Å²) in [7, 11) is 4.53. The molecule has 0 radical (unpaired) electrons. The number of aryl methyl sites for hydroxylation is 1. The zero-order chi connectivity index (χ0) is 18.4. The molecule has 2 aromatic rings. The van der Waals surface area contributed by atoms with Gasteiger partial charge in [-0.15, -0.1) is 0 Å². The Morgan fingerprint density at radius 2 is 1.56 bits per heavy atom. The number of benzene rings is 2. The van der Waals surface area contributed by atoms with Gasteiger partial charge in [-0.05, 0) is 30.7 Å². The van der Waals surface area contributed by atoms with Gasteiger partial charge in [-0.25, -0.2) is 0 Å². The molecule has 0 aliphatic heterocycles. The Hall–Kier alpha value is -3.26. The van der Waals surface area contributed by atoms with Crippen LogP contribution in [0.4, 0.5) is 0 Å². The van der Waals surface area contributed by atoms with E-state index in [9.17, 15) is 10.1 Å². The standard InChI is InChI=1S/C20H19NO4/c1-13-5-7-15(8-6-13)19(22)16(12-21)9-14-10-17(23-2)20(25-4)18(11-14)24-3/h5-11H,1-4H3. The van der Waals surface area contributed by atoms with Gasteiger partial charge in [-0.3, -0.25) is 4.79 Å². The lowest BCUT2D eigenvalue weighted by molar-refractivity contribution is 0.104. The average molecular weight is 337 g/mol. The first kappa shape index (κ1) is 18.1. The second-order valence-electron chi connectivity index (χ2n) is 5.32. The molecule has 0 saturated heterocycles. The molecule has 5 nitrogen and oxygen atoms in total. The molecule has 0 heterocycles. The molecular formula is C20H19NO4. The van der Waals surface area contributed by atoms with E-state index < -0.39 is 0 Å². The second-order valence-corrected chi connectivity index (χ2v) is 5.32. The molecule has 0 aromatic heterocycles. The van der Waals surface area contributed by atoms with Crippen molar-refractivity contribution in [2.75, 3.05) is 21.3 Å². The molecule has 0 amide bonds. The van der Waals surface area contributed by atoms with Crippen LogP contribution in [0.5, 0.6) is 17.2 Å². The van der Waals surface area contributed by atoms with E-state index in [-0.39, 0.29) is 11.4 Å². The predicted octanol–water partition coefficient (Wildman–Crippen LogP) is 3.81. The molecule has 0 unspecified atom stereocenters. The Kier molecular flexibility index (Phi) is 5.80. The van der Waals surface area contributed by atoms with E-state index in [4.69, 9.17) is 14.2 Å². The zero-order valence-electron chi connectivity index (χ0n) is 14.6. The lowest BCUT2D eigenvalue weighted by Crippen LogP contribution is -2.02. The van der Waals surface area contributed by atoms with Crippen LogP contribution in [0.3, 0.4) is 0 Å². The number of Topliss-reactive ketones (excluding diaryl/α,β-unsaturated/α-hetero) is 1. The molecular weight excluding hydrogens is 318 g/mol. The Balaban J connectivity index is 2.47. The third kappa shape index (κ3) is 3.99. The molecule has 2 rings (SSSR count). The number of ether oxygens (including phenoxy) is 3. The first-order valence-corrected chi connectivity index (χ1v) is 7.57. The number of nitriles is 1. The largest absolute Gasteiger partial charge is 0.493 e. The summed E-state index contributed by atoms with van der Waals surface area (Å²) in [6.45, 7) is 1.94. The number of hydrogen-bond acceptors (Lipinski definition) is 5. The summed E-state index contributed by atoms with van der Waals surface area (Å²) in [6, 6.07) is 12.4. The van der Waals surface area contributed by atoms with Gasteiger partial charge in [-0.1, -0.05) is 29.8 Å². The Bertz CT molecular complexity index is 820. The van der Waals surface area contributed by atoms with Crippen molar-refractivity contribution in [3.63, 3.8) is 0 Å². The Labute approximate surface area is 147 Å². The number of hydrogen-bond donors (Lipinski definition) is 0. The van der Waals surface area contributed by atoms with Gasteiger partial charge >= 0.3 is 0 Å². The van der Waals surface area contributed by atoms with Gasteiger partial charge in [-0.2, -0.15) is 5.26 Å². The van der Waals surface area contributed by atoms with Crippen molar-refractivity contribution in [3.05, 3.63) is 58.7 Å². The minimum absolute atomic E-state index is 0.0260. The third-order valence-corrected chi connectivity index (χ3v) is 3.68. The normalized spacial score (nSPS) is 10.8. The zero-order valence-corrected chi connectivity index (χ0v) is 14.6. The summed E-state index contributed by atoms with van der Waals surface area (Å²) in [4.78, 5) is 12.5. The molecule has 0 spiro atoms. The van der Waals surface area contributed by atoms with Gasteiger partial charge < -0.3 is 14.2 Å². The van der Waals surface area contributed by atoms with Crippen molar-refractivity contribution in [2.45, 2.75) is 6.92 Å². The molecule has 0 fully saturated rings. The molecule has 5 heteroatoms. The predicted molar refractivity (Wildman–Crippen MR) is 95.2 cm³/mol. The maximum absolute atomic E-state index is 12.5. The van der Waals surface area contributed by atoms with E-state index in [0.29, 0.717) is 28.4 Å². The number of allylic oxidation sites excluding steroid dienone is 1. The van der Waals surface area contributed by atoms with Crippen LogP contribution in [0.1, 0.15) is 21.5 Å². The van der Waals surface area contributed by atoms with Crippen molar-refractivity contribution >= 4 is 11.9 Å². The van der Waals surface area contributed by atoms with Crippen LogP contribution in [0, 0.1) is 18.3 Å². The lowest BCUT2D eigenvalue weighted by Gasteiger charge is -2.13. The first-order chi connectivity index (χ1) is 12.0. The summed E-state index contributed by atoms with van der Waals surface area (Å²) < 4.78 is 15.9. The van der Waals surface area contributed by atoms with Crippen molar-refractivity contribution in [2.24, 2.45) is 0 Å². The number of nitrogens with zero attached hydrogens (tertiary/aromatic N) is 1. The molecule has 0 aliphatic rings. The number of carbonyl (C=O) groups is 1. The summed E-state index contributed by atoms with van der Waals surface area (Å²) in [5.74, 6) is 1.02. The first-order valence-electron chi connectivity index (χ1n) is 7.57. The van der Waals surface area contributed by atoms with Crippen LogP contribution < -0.4 is 14.2 Å². The van der Waals surface area contributed by atoms with Crippen LogP contribution in [0.25, 0.3) is 6.08 Å². The topological polar surface area (TPSA) is 68.5 Å². The van der Waals surface area contributed by atoms with Crippen LogP contribution in [-0.2, 0) is 0 Å². The van der Waals surface area contributed by atoms with Crippen LogP contribution in [-0.4, -0.2) is 27.1 Å². The van der Waals surface area contributed by atoms with E-state index in [1.54, 1.807) is 24.3 Å². The maximum atomic E-state index is 12.5. The molecule has 25 heavy (non-hydrogen) atoms. The fraction of sp³-hybridized carbons (Fsp3) is 0.200. The van der Waals surface area contributed by atoms with E-state index in [0.717, 1.165) is 5.56 Å². The monoisotopic (exact) mass is 337 g/mol. The van der Waals surface area contributed by atoms with Gasteiger partial charge in [0.15, 0.2) is 11.5 Å². The maximum Gasteiger partial charge on any atom is 0.203 e. The highest BCUT2D eigenvalue weighted by Gasteiger charge is 2.15. The fourth-order valence-electron chi connectivity index (χ4n) is 2.36. The molecule has 2 aromatic carbocycles. The molecule has 0 atom stereocenters. The minimum Gasteiger partial charge on any atom is -0.493 e. The van der Waals surface area contributed by atoms with Gasteiger partial charge in [0, 0.05) is 5.56 Å². The van der Waals surface area contributed by atoms with E-state index in [1.165, 1.54) is 27.4 Å². The van der Waals surface area contributed by atoms with Crippen molar-refractivity contribution in [1.29, 1.82) is 5.26 Å². The summed E-state index contributed by atoms with van der Waals surface area (Å²) in [5.41, 5.74) is 2.14. The van der Waals surface area contributed by atoms with Crippen LogP contribution in [0.15, 0.2) is 42.0 Å². The summed E-state index contributed by atoms with van der Waals surface area (Å²) in [5, 5.41) is 9.40. The highest BCUT2D eigenvalue weighted by molar-refractivity contribution is 6.14. The van der Waals surface area contributed by atoms with Gasteiger partial charge in [0.2, 0.25) is 11.5 Å². The van der Waals surface area contributed by atoms with E-state index in [1.807, 2.05) is 25.1 Å². The molecule has 0 saturated carbocycles. The third-order valence-electron chi connectivity index (χ3n) is 3.68. The van der Waals surface area contributed by atoms with E-state index >= 15 is 0 Å². The number of carbonyl (C=O) groups excluding carboxylic acids is 1. The number of rotatable bonds is 6. The lowest BCUT2D eigenvalue weighted by atomic mass is 10.0. The molecule has 0 bridgehead atoms. The molecule has 128 valence electrons. The molecule has 0 aliphatic carbocycles. The SMILES string of the molecule is COc1cc(C=C(C#N)C(=O)c2ccc(C)cc2)cc(OC)c1OC. The average Bonchev–Trinajstić information content (AvgIpc) is 2.65. The highest BCUT2D eigenvalue weighted by Crippen LogP contribution is 2.38. The smallest absolute Gasteiger partial charge is 0.203 e. The fourth-order valence-corrected chi connectivity index (χ4v) is 2.36. The Morgan fingerprint density at radius 3 is 2.00 bits per heavy atom. The van der Waals surface area contributed by atoms with Crippen LogP contribution in [0.2, 0.25) is 0 Å². The van der Waals surface area contributed by atoms with Gasteiger partial charge in [0.05, 0.1) is 21.3 Å². The van der Waals surface area contributed by atoms with Crippen LogP contribution >= 0.6 is 0 Å². The van der Waals surface area contributed by atoms with Gasteiger partial charge in [0.25, 0.3) is 0 Å². The molecule has 0 N–H and O–H groups in total. The summed E-state index contributed by atoms with van der Waals surface area (Å²) in [6.07, 6.45) is 1.51. The minimum atomic E-state index is -0.337.